The molecule has 3 atom stereocenters. The number of rotatable bonds is 8. The SMILES string of the molecule is COc1cc(C(=O)N2C[C@H]3CC[C@@H]2[C@@H]3N)cc2nc(-c3cc4cccnc4n3CC3CC3)n(CC3CN(c4ncccn4)C3)c12. The van der Waals surface area contributed by atoms with E-state index in [0.717, 1.165) is 85.1 Å². The minimum absolute atomic E-state index is 0.0125. The fraction of sp³-hybridized carbons (Fsp3) is 0.441. The molecule has 2 saturated carbocycles. The fourth-order valence-corrected chi connectivity index (χ4v) is 7.91. The van der Waals surface area contributed by atoms with Crippen LogP contribution in [0.3, 0.4) is 0 Å². The van der Waals surface area contributed by atoms with Crippen LogP contribution in [0.2, 0.25) is 0 Å². The van der Waals surface area contributed by atoms with Crippen LogP contribution >= 0.6 is 0 Å². The molecule has 4 fully saturated rings. The predicted molar refractivity (Wildman–Crippen MR) is 171 cm³/mol. The van der Waals surface area contributed by atoms with Crippen LogP contribution in [0.25, 0.3) is 33.6 Å². The first-order chi connectivity index (χ1) is 22.1. The van der Waals surface area contributed by atoms with Gasteiger partial charge in [-0.25, -0.2) is 19.9 Å². The monoisotopic (exact) mass is 603 g/mol. The third-order valence-corrected chi connectivity index (χ3v) is 10.4. The van der Waals surface area contributed by atoms with Crippen LogP contribution in [0.15, 0.2) is 55.0 Å². The number of anilines is 1. The predicted octanol–water partition coefficient (Wildman–Crippen LogP) is 3.96. The van der Waals surface area contributed by atoms with E-state index in [1.165, 1.54) is 12.8 Å². The van der Waals surface area contributed by atoms with Gasteiger partial charge < -0.3 is 29.4 Å². The molecule has 2 aliphatic carbocycles. The largest absolute Gasteiger partial charge is 0.494 e. The topological polar surface area (TPSA) is 120 Å². The molecule has 2 N–H and O–H groups in total. The number of imidazole rings is 1. The number of carbonyl (C=O) groups excluding carboxylic acids is 1. The van der Waals surface area contributed by atoms with Gasteiger partial charge in [-0.15, -0.1) is 0 Å². The van der Waals surface area contributed by atoms with Gasteiger partial charge in [0, 0.05) is 80.3 Å². The summed E-state index contributed by atoms with van der Waals surface area (Å²) >= 11 is 0. The number of nitrogens with two attached hydrogens (primary N) is 1. The second-order valence-corrected chi connectivity index (χ2v) is 13.4. The van der Waals surface area contributed by atoms with Crippen molar-refractivity contribution in [3.63, 3.8) is 0 Å². The van der Waals surface area contributed by atoms with Crippen molar-refractivity contribution in [2.45, 2.75) is 50.9 Å². The molecule has 5 aromatic rings. The molecule has 9 rings (SSSR count). The minimum atomic E-state index is 0.0125. The number of pyridine rings is 1. The first-order valence-corrected chi connectivity index (χ1v) is 16.2. The van der Waals surface area contributed by atoms with Crippen molar-refractivity contribution in [3.8, 4) is 17.3 Å². The highest BCUT2D eigenvalue weighted by Gasteiger charge is 2.47. The van der Waals surface area contributed by atoms with Gasteiger partial charge in [-0.05, 0) is 73.9 Å². The number of piperidine rings is 1. The van der Waals surface area contributed by atoms with E-state index in [1.54, 1.807) is 19.5 Å². The number of benzene rings is 1. The van der Waals surface area contributed by atoms with Crippen molar-refractivity contribution >= 4 is 33.9 Å². The van der Waals surface area contributed by atoms with Gasteiger partial charge in [0.25, 0.3) is 5.91 Å². The van der Waals surface area contributed by atoms with Crippen LogP contribution < -0.4 is 15.4 Å². The molecule has 1 aromatic carbocycles. The Morgan fingerprint density at radius 3 is 2.47 bits per heavy atom. The van der Waals surface area contributed by atoms with Crippen LogP contribution in [-0.4, -0.2) is 78.7 Å². The highest BCUT2D eigenvalue weighted by atomic mass is 16.5. The number of carbonyl (C=O) groups is 1. The van der Waals surface area contributed by atoms with Gasteiger partial charge in [0.05, 0.1) is 18.3 Å². The lowest BCUT2D eigenvalue weighted by atomic mass is 10.0. The zero-order valence-electron chi connectivity index (χ0n) is 25.4. The molecule has 45 heavy (non-hydrogen) atoms. The highest BCUT2D eigenvalue weighted by molar-refractivity contribution is 6.00. The molecule has 0 unspecified atom stereocenters. The zero-order chi connectivity index (χ0) is 30.2. The van der Waals surface area contributed by atoms with Crippen LogP contribution in [0.1, 0.15) is 36.0 Å². The summed E-state index contributed by atoms with van der Waals surface area (Å²) in [6.07, 6.45) is 9.99. The zero-order valence-corrected chi connectivity index (χ0v) is 25.4. The Morgan fingerprint density at radius 2 is 1.73 bits per heavy atom. The first-order valence-electron chi connectivity index (χ1n) is 16.2. The second kappa shape index (κ2) is 10.3. The molecule has 6 heterocycles. The average Bonchev–Trinajstić information content (AvgIpc) is 3.41. The van der Waals surface area contributed by atoms with Crippen LogP contribution in [0, 0.1) is 17.8 Å². The molecular weight excluding hydrogens is 566 g/mol. The Morgan fingerprint density at radius 1 is 0.933 bits per heavy atom. The summed E-state index contributed by atoms with van der Waals surface area (Å²) in [6, 6.07) is 12.2. The van der Waals surface area contributed by atoms with E-state index in [2.05, 4.69) is 36.1 Å². The smallest absolute Gasteiger partial charge is 0.254 e. The van der Waals surface area contributed by atoms with Gasteiger partial charge in [-0.1, -0.05) is 0 Å². The molecule has 1 amide bonds. The molecule has 230 valence electrons. The number of nitrogens with zero attached hydrogens (tertiary/aromatic N) is 8. The number of hydrogen-bond acceptors (Lipinski definition) is 8. The van der Waals surface area contributed by atoms with E-state index in [9.17, 15) is 4.79 Å². The van der Waals surface area contributed by atoms with Crippen LogP contribution in [-0.2, 0) is 13.1 Å². The van der Waals surface area contributed by atoms with Gasteiger partial charge in [-0.3, -0.25) is 4.79 Å². The Bertz CT molecular complexity index is 1920. The molecule has 11 heteroatoms. The summed E-state index contributed by atoms with van der Waals surface area (Å²) in [5.41, 5.74) is 10.8. The highest BCUT2D eigenvalue weighted by Crippen LogP contribution is 2.41. The van der Waals surface area contributed by atoms with Crippen LogP contribution in [0.4, 0.5) is 5.95 Å². The van der Waals surface area contributed by atoms with Gasteiger partial charge >= 0.3 is 0 Å². The van der Waals surface area contributed by atoms with Crippen molar-refractivity contribution in [1.29, 1.82) is 0 Å². The van der Waals surface area contributed by atoms with E-state index >= 15 is 0 Å². The van der Waals surface area contributed by atoms with E-state index in [0.29, 0.717) is 29.1 Å². The summed E-state index contributed by atoms with van der Waals surface area (Å²) in [5.74, 6) is 3.73. The molecular formula is C34H37N9O2. The molecule has 4 aliphatic rings. The molecule has 0 radical (unpaired) electrons. The van der Waals surface area contributed by atoms with E-state index in [1.807, 2.05) is 35.4 Å². The number of aromatic nitrogens is 6. The first kappa shape index (κ1) is 26.9. The fourth-order valence-electron chi connectivity index (χ4n) is 7.91. The van der Waals surface area contributed by atoms with E-state index in [4.69, 9.17) is 20.4 Å². The van der Waals surface area contributed by atoms with Gasteiger partial charge in [0.15, 0.2) is 5.82 Å². The third kappa shape index (κ3) is 4.39. The van der Waals surface area contributed by atoms with Crippen molar-refractivity contribution in [1.82, 2.24) is 34.0 Å². The summed E-state index contributed by atoms with van der Waals surface area (Å²) in [4.78, 5) is 37.1. The van der Waals surface area contributed by atoms with E-state index in [-0.39, 0.29) is 18.0 Å². The summed E-state index contributed by atoms with van der Waals surface area (Å²) in [5, 5.41) is 1.10. The number of methoxy groups -OCH3 is 1. The van der Waals surface area contributed by atoms with Crippen molar-refractivity contribution in [2.24, 2.45) is 23.5 Å². The Hall–Kier alpha value is -4.51. The maximum absolute atomic E-state index is 13.9. The van der Waals surface area contributed by atoms with Gasteiger partial charge in [0.2, 0.25) is 5.95 Å². The second-order valence-electron chi connectivity index (χ2n) is 13.4. The van der Waals surface area contributed by atoms with Gasteiger partial charge in [-0.2, -0.15) is 0 Å². The lowest BCUT2D eigenvalue weighted by Crippen LogP contribution is -2.49. The lowest BCUT2D eigenvalue weighted by Gasteiger charge is -2.39. The standard InChI is InChI=1S/C34H37N9O2/c1-45-28-14-24(33(44)42-19-23-7-8-26(42)29(23)35)12-25-30(28)43(18-21-15-40(16-21)34-37-10-3-11-38-34)32(39-25)27-13-22-4-2-9-36-31(22)41(27)17-20-5-6-20/h2-4,9-14,20-21,23,26,29H,5-8,15-19,35H2,1H3/t23-,26-,29-/m1/s1. The van der Waals surface area contributed by atoms with Gasteiger partial charge in [0.1, 0.15) is 16.9 Å². The molecule has 11 nitrogen and oxygen atoms in total. The number of likely N-dealkylation sites (tertiary alicyclic amines) is 1. The molecule has 4 aromatic heterocycles. The third-order valence-electron chi connectivity index (χ3n) is 10.4. The van der Waals surface area contributed by atoms with Crippen molar-refractivity contribution < 1.29 is 9.53 Å². The minimum Gasteiger partial charge on any atom is -0.494 e. The van der Waals surface area contributed by atoms with Crippen LogP contribution in [0.5, 0.6) is 5.75 Å². The Labute approximate surface area is 261 Å². The lowest BCUT2D eigenvalue weighted by molar-refractivity contribution is 0.0700. The number of amides is 1. The van der Waals surface area contributed by atoms with E-state index < -0.39 is 0 Å². The number of ether oxygens (including phenoxy) is 1. The maximum Gasteiger partial charge on any atom is 0.254 e. The summed E-state index contributed by atoms with van der Waals surface area (Å²) in [7, 11) is 1.68. The number of fused-ring (bicyclic) bond motifs is 4. The molecule has 0 spiro atoms. The maximum atomic E-state index is 13.9. The Balaban J connectivity index is 1.15. The summed E-state index contributed by atoms with van der Waals surface area (Å²) < 4.78 is 10.7. The quantitative estimate of drug-likeness (QED) is 0.283. The molecule has 2 bridgehead atoms. The normalized spacial score (nSPS) is 22.9. The molecule has 2 saturated heterocycles. The molecule has 2 aliphatic heterocycles. The van der Waals surface area contributed by atoms with Crippen molar-refractivity contribution in [3.05, 3.63) is 60.6 Å². The average molecular weight is 604 g/mol. The Kier molecular flexibility index (Phi) is 6.13. The van der Waals surface area contributed by atoms with Crippen molar-refractivity contribution in [2.75, 3.05) is 31.6 Å². The number of hydrogen-bond donors (Lipinski definition) is 1. The summed E-state index contributed by atoms with van der Waals surface area (Å²) in [6.45, 7) is 4.10.